The maximum absolute atomic E-state index is 12.6. The molecule has 4 N–H and O–H groups in total. The second-order valence-corrected chi connectivity index (χ2v) is 8.38. The summed E-state index contributed by atoms with van der Waals surface area (Å²) < 4.78 is 17.2. The van der Waals surface area contributed by atoms with Crippen LogP contribution in [0.4, 0.5) is 0 Å². The third kappa shape index (κ3) is 5.88. The lowest BCUT2D eigenvalue weighted by Gasteiger charge is -2.34. The molecule has 0 saturated heterocycles. The molecule has 0 saturated carbocycles. The van der Waals surface area contributed by atoms with E-state index in [1.54, 1.807) is 30.7 Å². The van der Waals surface area contributed by atoms with Gasteiger partial charge in [0, 0.05) is 35.8 Å². The van der Waals surface area contributed by atoms with E-state index in [1.807, 2.05) is 28.7 Å². The van der Waals surface area contributed by atoms with Gasteiger partial charge in [0.15, 0.2) is 11.5 Å². The predicted octanol–water partition coefficient (Wildman–Crippen LogP) is 1.41. The number of amides is 1. The van der Waals surface area contributed by atoms with Crippen LogP contribution in [0, 0.1) is 3.57 Å². The van der Waals surface area contributed by atoms with Gasteiger partial charge in [0.2, 0.25) is 5.91 Å². The summed E-state index contributed by atoms with van der Waals surface area (Å²) in [5.74, 6) is 0.372. The Balaban J connectivity index is 1.87. The monoisotopic (exact) mass is 556 g/mol. The number of furan rings is 1. The molecule has 3 unspecified atom stereocenters. The van der Waals surface area contributed by atoms with Gasteiger partial charge in [-0.2, -0.15) is 0 Å². The summed E-state index contributed by atoms with van der Waals surface area (Å²) in [6.07, 6.45) is 3.90. The highest BCUT2D eigenvalue weighted by atomic mass is 127. The highest BCUT2D eigenvalue weighted by Crippen LogP contribution is 2.36. The van der Waals surface area contributed by atoms with E-state index in [2.05, 4.69) is 10.6 Å². The summed E-state index contributed by atoms with van der Waals surface area (Å²) in [5, 5.41) is 25.9. The summed E-state index contributed by atoms with van der Waals surface area (Å²) in [4.78, 5) is 23.7. The molecular weight excluding hydrogens is 531 g/mol. The van der Waals surface area contributed by atoms with Gasteiger partial charge in [-0.3, -0.25) is 9.59 Å². The zero-order chi connectivity index (χ0) is 23.1. The number of nitrogens with one attached hydrogen (secondary N) is 2. The Kier molecular flexibility index (Phi) is 8.67. The largest absolute Gasteiger partial charge is 0.493 e. The number of rotatable bonds is 10. The third-order valence-electron chi connectivity index (χ3n) is 5.03. The average Bonchev–Trinajstić information content (AvgIpc) is 3.32. The lowest BCUT2D eigenvalue weighted by atomic mass is 9.89. The fourth-order valence-electron chi connectivity index (χ4n) is 3.40. The van der Waals surface area contributed by atoms with Crippen molar-refractivity contribution in [1.82, 2.24) is 10.6 Å². The molecule has 0 spiro atoms. The van der Waals surface area contributed by atoms with Crippen LogP contribution in [-0.4, -0.2) is 60.9 Å². The minimum absolute atomic E-state index is 0.121. The Hall–Kier alpha value is -2.41. The molecule has 3 rings (SSSR count). The molecule has 1 aromatic carbocycles. The average molecular weight is 556 g/mol. The van der Waals surface area contributed by atoms with E-state index in [0.29, 0.717) is 39.0 Å². The number of benzene rings is 1. The van der Waals surface area contributed by atoms with Crippen molar-refractivity contribution in [3.8, 4) is 11.5 Å². The zero-order valence-corrected chi connectivity index (χ0v) is 19.6. The first-order valence-electron chi connectivity index (χ1n) is 9.98. The molecule has 1 aromatic heterocycles. The van der Waals surface area contributed by atoms with Gasteiger partial charge in [0.25, 0.3) is 0 Å². The van der Waals surface area contributed by atoms with Gasteiger partial charge in [-0.15, -0.1) is 0 Å². The molecule has 10 heteroatoms. The molecule has 0 fully saturated rings. The van der Waals surface area contributed by atoms with Crippen molar-refractivity contribution in [2.45, 2.75) is 31.2 Å². The van der Waals surface area contributed by atoms with Crippen LogP contribution < -0.4 is 20.1 Å². The first kappa shape index (κ1) is 24.2. The molecule has 0 aliphatic heterocycles. The van der Waals surface area contributed by atoms with Gasteiger partial charge in [0.05, 0.1) is 29.8 Å². The van der Waals surface area contributed by atoms with Gasteiger partial charge in [-0.1, -0.05) is 0 Å². The number of aliphatic hydroxyl groups is 2. The van der Waals surface area contributed by atoms with Crippen LogP contribution in [0.1, 0.15) is 22.3 Å². The first-order chi connectivity index (χ1) is 15.5. The Morgan fingerprint density at radius 1 is 1.41 bits per heavy atom. The maximum Gasteiger partial charge on any atom is 0.247 e. The Morgan fingerprint density at radius 2 is 2.22 bits per heavy atom. The number of hydrogen-bond acceptors (Lipinski definition) is 8. The first-order valence-corrected chi connectivity index (χ1v) is 11.1. The molecule has 1 aliphatic carbocycles. The van der Waals surface area contributed by atoms with Crippen molar-refractivity contribution in [1.29, 1.82) is 0 Å². The molecule has 1 amide bonds. The molecule has 9 nitrogen and oxygen atoms in total. The number of carbonyl (C=O) groups is 2. The lowest BCUT2D eigenvalue weighted by Crippen LogP contribution is -2.51. The van der Waals surface area contributed by atoms with Crippen molar-refractivity contribution in [2.75, 3.05) is 20.3 Å². The molecule has 32 heavy (non-hydrogen) atoms. The Bertz CT molecular complexity index is 961. The fraction of sp³-hybridized carbons (Fsp3) is 0.364. The summed E-state index contributed by atoms with van der Waals surface area (Å²) in [6, 6.07) is 4.52. The van der Waals surface area contributed by atoms with E-state index >= 15 is 0 Å². The molecule has 1 aliphatic rings. The second-order valence-electron chi connectivity index (χ2n) is 7.22. The molecule has 2 aromatic rings. The van der Waals surface area contributed by atoms with E-state index in [4.69, 9.17) is 19.0 Å². The molecule has 3 atom stereocenters. The van der Waals surface area contributed by atoms with Crippen LogP contribution in [0.15, 0.2) is 46.8 Å². The van der Waals surface area contributed by atoms with E-state index in [9.17, 15) is 14.7 Å². The Labute approximate surface area is 198 Å². The number of methoxy groups -OCH3 is 1. The highest BCUT2D eigenvalue weighted by Gasteiger charge is 2.36. The number of hydrogen-bond donors (Lipinski definition) is 4. The number of aldehydes is 1. The normalized spacial score (nSPS) is 20.4. The van der Waals surface area contributed by atoms with E-state index in [-0.39, 0.29) is 25.5 Å². The smallest absolute Gasteiger partial charge is 0.247 e. The second kappa shape index (κ2) is 11.5. The van der Waals surface area contributed by atoms with Gasteiger partial charge >= 0.3 is 0 Å². The molecular formula is C22H25IN2O7. The fourth-order valence-corrected chi connectivity index (χ4v) is 4.15. The SMILES string of the molecule is COc1cc(C=O)cc(I)c1OC1C=C(C(=O)NCCO)CC(NCc2ccoc2)C1O. The van der Waals surface area contributed by atoms with Crippen LogP contribution in [0.5, 0.6) is 11.5 Å². The van der Waals surface area contributed by atoms with Crippen molar-refractivity contribution < 1.29 is 33.7 Å². The van der Waals surface area contributed by atoms with E-state index in [0.717, 1.165) is 5.56 Å². The van der Waals surface area contributed by atoms with Gasteiger partial charge in [0.1, 0.15) is 18.5 Å². The van der Waals surface area contributed by atoms with Gasteiger partial charge < -0.3 is 34.7 Å². The maximum atomic E-state index is 12.6. The standard InChI is InChI=1S/C22H25IN2O7/c1-30-19-7-14(11-27)6-16(23)21(19)32-18-9-15(22(29)24-3-4-26)8-17(20(18)28)25-10-13-2-5-31-12-13/h2,5-7,9,11-12,17-18,20,25-26,28H,3-4,8,10H2,1H3,(H,24,29). The minimum atomic E-state index is -0.970. The Morgan fingerprint density at radius 3 is 2.88 bits per heavy atom. The van der Waals surface area contributed by atoms with Crippen molar-refractivity contribution in [3.63, 3.8) is 0 Å². The molecule has 1 heterocycles. The molecule has 0 bridgehead atoms. The zero-order valence-electron chi connectivity index (χ0n) is 17.4. The summed E-state index contributed by atoms with van der Waals surface area (Å²) in [6.45, 7) is 0.379. The summed E-state index contributed by atoms with van der Waals surface area (Å²) in [5.41, 5.74) is 1.76. The number of halogens is 1. The van der Waals surface area contributed by atoms with Crippen LogP contribution in [0.3, 0.4) is 0 Å². The van der Waals surface area contributed by atoms with Crippen LogP contribution in [-0.2, 0) is 11.3 Å². The van der Waals surface area contributed by atoms with E-state index < -0.39 is 18.2 Å². The van der Waals surface area contributed by atoms with Crippen LogP contribution in [0.25, 0.3) is 0 Å². The third-order valence-corrected chi connectivity index (χ3v) is 5.83. The van der Waals surface area contributed by atoms with E-state index in [1.165, 1.54) is 7.11 Å². The van der Waals surface area contributed by atoms with Gasteiger partial charge in [-0.05, 0) is 53.3 Å². The minimum Gasteiger partial charge on any atom is -0.493 e. The van der Waals surface area contributed by atoms with Crippen molar-refractivity contribution in [3.05, 3.63) is 57.1 Å². The number of carbonyl (C=O) groups excluding carboxylic acids is 2. The van der Waals surface area contributed by atoms with Crippen molar-refractivity contribution >= 4 is 34.8 Å². The topological polar surface area (TPSA) is 130 Å². The number of ether oxygens (including phenoxy) is 2. The van der Waals surface area contributed by atoms with Crippen LogP contribution in [0.2, 0.25) is 0 Å². The quantitative estimate of drug-likeness (QED) is 0.256. The molecule has 172 valence electrons. The highest BCUT2D eigenvalue weighted by molar-refractivity contribution is 14.1. The molecule has 0 radical (unpaired) electrons. The summed E-state index contributed by atoms with van der Waals surface area (Å²) in [7, 11) is 1.46. The van der Waals surface area contributed by atoms with Crippen LogP contribution >= 0.6 is 22.6 Å². The lowest BCUT2D eigenvalue weighted by molar-refractivity contribution is -0.118. The van der Waals surface area contributed by atoms with Crippen molar-refractivity contribution in [2.24, 2.45) is 0 Å². The predicted molar refractivity (Wildman–Crippen MR) is 124 cm³/mol. The van der Waals surface area contributed by atoms with Gasteiger partial charge in [-0.25, -0.2) is 0 Å². The number of aliphatic hydroxyl groups excluding tert-OH is 2. The summed E-state index contributed by atoms with van der Waals surface area (Å²) >= 11 is 2.03.